The molecule has 1 aliphatic rings. The minimum Gasteiger partial charge on any atom is -0.382 e. The monoisotopic (exact) mass is 342 g/mol. The standard InChI is InChI=1S/C18H38N4O2/c1-4-11-22-12-8-17(9-13-22)21-18(19-5-2)20-10-6-7-14-24-16-15-23-3/h17H,4-16H2,1-3H3,(H2,19,20,21). The Hall–Kier alpha value is -0.850. The van der Waals surface area contributed by atoms with Crippen LogP contribution in [0, 0.1) is 0 Å². The molecule has 24 heavy (non-hydrogen) atoms. The van der Waals surface area contributed by atoms with Crippen LogP contribution in [0.25, 0.3) is 0 Å². The van der Waals surface area contributed by atoms with Crippen molar-refractivity contribution in [2.75, 3.05) is 59.7 Å². The van der Waals surface area contributed by atoms with E-state index in [1.807, 2.05) is 0 Å². The van der Waals surface area contributed by atoms with Crippen LogP contribution >= 0.6 is 0 Å². The van der Waals surface area contributed by atoms with E-state index in [0.29, 0.717) is 19.3 Å². The van der Waals surface area contributed by atoms with Gasteiger partial charge in [-0.15, -0.1) is 0 Å². The van der Waals surface area contributed by atoms with Crippen molar-refractivity contribution in [3.63, 3.8) is 0 Å². The highest BCUT2D eigenvalue weighted by Gasteiger charge is 2.19. The smallest absolute Gasteiger partial charge is 0.191 e. The van der Waals surface area contributed by atoms with Gasteiger partial charge in [0.25, 0.3) is 0 Å². The number of hydrogen-bond acceptors (Lipinski definition) is 4. The maximum Gasteiger partial charge on any atom is 0.191 e. The fourth-order valence-electron chi connectivity index (χ4n) is 2.88. The van der Waals surface area contributed by atoms with Gasteiger partial charge in [-0.05, 0) is 45.6 Å². The number of nitrogens with one attached hydrogen (secondary N) is 2. The number of likely N-dealkylation sites (tertiary alicyclic amines) is 1. The minimum atomic E-state index is 0.549. The van der Waals surface area contributed by atoms with E-state index in [4.69, 9.17) is 14.5 Å². The van der Waals surface area contributed by atoms with Gasteiger partial charge in [0, 0.05) is 45.9 Å². The molecule has 0 unspecified atom stereocenters. The Kier molecular flexibility index (Phi) is 12.8. The first-order valence-electron chi connectivity index (χ1n) is 9.64. The zero-order valence-corrected chi connectivity index (χ0v) is 16.0. The summed E-state index contributed by atoms with van der Waals surface area (Å²) in [6.07, 6.45) is 5.76. The van der Waals surface area contributed by atoms with Gasteiger partial charge in [-0.1, -0.05) is 6.92 Å². The summed E-state index contributed by atoms with van der Waals surface area (Å²) < 4.78 is 10.4. The van der Waals surface area contributed by atoms with Crippen LogP contribution in [0.4, 0.5) is 0 Å². The second-order valence-corrected chi connectivity index (χ2v) is 6.33. The zero-order valence-electron chi connectivity index (χ0n) is 16.0. The van der Waals surface area contributed by atoms with Gasteiger partial charge in [-0.2, -0.15) is 0 Å². The van der Waals surface area contributed by atoms with Gasteiger partial charge in [0.05, 0.1) is 13.2 Å². The summed E-state index contributed by atoms with van der Waals surface area (Å²) in [4.78, 5) is 7.26. The van der Waals surface area contributed by atoms with E-state index >= 15 is 0 Å². The number of hydrogen-bond donors (Lipinski definition) is 2. The average Bonchev–Trinajstić information content (AvgIpc) is 2.59. The molecule has 0 amide bonds. The molecule has 1 fully saturated rings. The molecule has 1 heterocycles. The third kappa shape index (κ3) is 10.1. The molecule has 0 radical (unpaired) electrons. The van der Waals surface area contributed by atoms with E-state index in [2.05, 4.69) is 29.4 Å². The van der Waals surface area contributed by atoms with Gasteiger partial charge in [0.1, 0.15) is 0 Å². The van der Waals surface area contributed by atoms with Crippen LogP contribution in [0.2, 0.25) is 0 Å². The Balaban J connectivity index is 2.18. The Morgan fingerprint density at radius 1 is 1.12 bits per heavy atom. The van der Waals surface area contributed by atoms with Crippen LogP contribution < -0.4 is 10.6 Å². The SMILES string of the molecule is CCCN1CCC(NC(=NCCCCOCCOC)NCC)CC1. The van der Waals surface area contributed by atoms with Crippen LogP contribution in [0.15, 0.2) is 4.99 Å². The predicted molar refractivity (Wildman–Crippen MR) is 101 cm³/mol. The highest BCUT2D eigenvalue weighted by Crippen LogP contribution is 2.10. The number of nitrogens with zero attached hydrogens (tertiary/aromatic N) is 2. The molecule has 0 saturated carbocycles. The van der Waals surface area contributed by atoms with Gasteiger partial charge < -0.3 is 25.0 Å². The maximum atomic E-state index is 5.47. The van der Waals surface area contributed by atoms with E-state index in [1.54, 1.807) is 7.11 Å². The molecule has 142 valence electrons. The Bertz CT molecular complexity index is 318. The van der Waals surface area contributed by atoms with Crippen molar-refractivity contribution in [3.05, 3.63) is 0 Å². The second kappa shape index (κ2) is 14.5. The van der Waals surface area contributed by atoms with E-state index in [9.17, 15) is 0 Å². The molecular formula is C18H38N4O2. The van der Waals surface area contributed by atoms with Crippen LogP contribution in [0.5, 0.6) is 0 Å². The van der Waals surface area contributed by atoms with E-state index in [0.717, 1.165) is 38.5 Å². The van der Waals surface area contributed by atoms with E-state index < -0.39 is 0 Å². The van der Waals surface area contributed by atoms with Crippen molar-refractivity contribution < 1.29 is 9.47 Å². The Morgan fingerprint density at radius 2 is 1.92 bits per heavy atom. The van der Waals surface area contributed by atoms with Gasteiger partial charge in [0.15, 0.2) is 5.96 Å². The summed E-state index contributed by atoms with van der Waals surface area (Å²) in [6.45, 7) is 11.9. The first-order chi connectivity index (χ1) is 11.8. The molecule has 0 aromatic heterocycles. The maximum absolute atomic E-state index is 5.47. The quantitative estimate of drug-likeness (QED) is 0.322. The Labute approximate surface area is 148 Å². The lowest BCUT2D eigenvalue weighted by Crippen LogP contribution is -2.48. The molecule has 1 saturated heterocycles. The molecule has 0 aromatic rings. The summed E-state index contributed by atoms with van der Waals surface area (Å²) in [7, 11) is 1.70. The van der Waals surface area contributed by atoms with Crippen molar-refractivity contribution in [2.24, 2.45) is 4.99 Å². The van der Waals surface area contributed by atoms with Crippen molar-refractivity contribution in [1.82, 2.24) is 15.5 Å². The lowest BCUT2D eigenvalue weighted by molar-refractivity contribution is 0.0690. The number of rotatable bonds is 12. The molecule has 0 bridgehead atoms. The zero-order chi connectivity index (χ0) is 17.5. The fraction of sp³-hybridized carbons (Fsp3) is 0.944. The molecule has 6 heteroatoms. The lowest BCUT2D eigenvalue weighted by atomic mass is 10.1. The second-order valence-electron chi connectivity index (χ2n) is 6.33. The third-order valence-electron chi connectivity index (χ3n) is 4.21. The highest BCUT2D eigenvalue weighted by molar-refractivity contribution is 5.80. The van der Waals surface area contributed by atoms with Gasteiger partial charge >= 0.3 is 0 Å². The summed E-state index contributed by atoms with van der Waals surface area (Å²) >= 11 is 0. The number of unbranched alkanes of at least 4 members (excludes halogenated alkanes) is 1. The molecule has 6 nitrogen and oxygen atoms in total. The normalized spacial score (nSPS) is 17.2. The largest absolute Gasteiger partial charge is 0.382 e. The van der Waals surface area contributed by atoms with Crippen LogP contribution in [-0.4, -0.2) is 76.6 Å². The van der Waals surface area contributed by atoms with Crippen LogP contribution in [0.3, 0.4) is 0 Å². The van der Waals surface area contributed by atoms with Gasteiger partial charge in [-0.25, -0.2) is 0 Å². The number of aliphatic imine (C=N–C) groups is 1. The number of methoxy groups -OCH3 is 1. The number of piperidine rings is 1. The van der Waals surface area contributed by atoms with E-state index in [-0.39, 0.29) is 0 Å². The molecule has 1 rings (SSSR count). The molecule has 0 aliphatic carbocycles. The average molecular weight is 343 g/mol. The Morgan fingerprint density at radius 3 is 2.58 bits per heavy atom. The van der Waals surface area contributed by atoms with Crippen LogP contribution in [0.1, 0.15) is 46.0 Å². The third-order valence-corrected chi connectivity index (χ3v) is 4.21. The first-order valence-corrected chi connectivity index (χ1v) is 9.64. The van der Waals surface area contributed by atoms with Crippen molar-refractivity contribution in [3.8, 4) is 0 Å². The summed E-state index contributed by atoms with van der Waals surface area (Å²) in [5.74, 6) is 0.965. The van der Waals surface area contributed by atoms with Crippen molar-refractivity contribution in [2.45, 2.75) is 52.0 Å². The molecule has 1 aliphatic heterocycles. The summed E-state index contributed by atoms with van der Waals surface area (Å²) in [5.41, 5.74) is 0. The topological polar surface area (TPSA) is 58.1 Å². The minimum absolute atomic E-state index is 0.549. The number of ether oxygens (including phenoxy) is 2. The fourth-order valence-corrected chi connectivity index (χ4v) is 2.88. The molecule has 0 atom stereocenters. The van der Waals surface area contributed by atoms with Gasteiger partial charge in [-0.3, -0.25) is 4.99 Å². The highest BCUT2D eigenvalue weighted by atomic mass is 16.5. The lowest BCUT2D eigenvalue weighted by Gasteiger charge is -2.32. The molecule has 2 N–H and O–H groups in total. The summed E-state index contributed by atoms with van der Waals surface area (Å²) in [5, 5.41) is 6.97. The summed E-state index contributed by atoms with van der Waals surface area (Å²) in [6, 6.07) is 0.549. The number of guanidine groups is 1. The van der Waals surface area contributed by atoms with Crippen molar-refractivity contribution in [1.29, 1.82) is 0 Å². The van der Waals surface area contributed by atoms with Crippen LogP contribution in [-0.2, 0) is 9.47 Å². The molecular weight excluding hydrogens is 304 g/mol. The van der Waals surface area contributed by atoms with E-state index in [1.165, 1.54) is 38.9 Å². The molecule has 0 aromatic carbocycles. The first kappa shape index (κ1) is 21.2. The van der Waals surface area contributed by atoms with Gasteiger partial charge in [0.2, 0.25) is 0 Å². The van der Waals surface area contributed by atoms with Crippen molar-refractivity contribution >= 4 is 5.96 Å². The molecule has 0 spiro atoms. The predicted octanol–water partition coefficient (Wildman–Crippen LogP) is 1.86.